The van der Waals surface area contributed by atoms with Gasteiger partial charge in [0.1, 0.15) is 5.75 Å². The van der Waals surface area contributed by atoms with Crippen LogP contribution < -0.4 is 10.1 Å². The molecular formula is C24H26N2O2. The summed E-state index contributed by atoms with van der Waals surface area (Å²) in [5, 5.41) is 2.89. The summed E-state index contributed by atoms with van der Waals surface area (Å²) < 4.78 is 5.78. The number of anilines is 1. The summed E-state index contributed by atoms with van der Waals surface area (Å²) in [5.74, 6) is 1.01. The van der Waals surface area contributed by atoms with Gasteiger partial charge in [0.25, 0.3) is 5.91 Å². The number of carbonyl (C=O) groups is 1. The molecule has 1 heterocycles. The first-order chi connectivity index (χ1) is 13.7. The summed E-state index contributed by atoms with van der Waals surface area (Å²) in [6, 6.07) is 19.8. The molecule has 144 valence electrons. The zero-order valence-corrected chi connectivity index (χ0v) is 16.4. The van der Waals surface area contributed by atoms with E-state index in [2.05, 4.69) is 30.2 Å². The Bertz CT molecular complexity index is 892. The smallest absolute Gasteiger partial charge is 0.262 e. The lowest BCUT2D eigenvalue weighted by Crippen LogP contribution is -2.20. The first-order valence-corrected chi connectivity index (χ1v) is 9.65. The van der Waals surface area contributed by atoms with Gasteiger partial charge < -0.3 is 10.1 Å². The van der Waals surface area contributed by atoms with Crippen molar-refractivity contribution in [3.63, 3.8) is 0 Å². The molecule has 28 heavy (non-hydrogen) atoms. The van der Waals surface area contributed by atoms with Crippen molar-refractivity contribution in [2.75, 3.05) is 11.9 Å². The van der Waals surface area contributed by atoms with Crippen molar-refractivity contribution < 1.29 is 9.53 Å². The van der Waals surface area contributed by atoms with Gasteiger partial charge in [-0.1, -0.05) is 44.2 Å². The van der Waals surface area contributed by atoms with Crippen LogP contribution in [0.5, 0.6) is 5.75 Å². The van der Waals surface area contributed by atoms with E-state index in [1.165, 1.54) is 11.1 Å². The highest BCUT2D eigenvalue weighted by Crippen LogP contribution is 2.28. The number of hydrogen-bond acceptors (Lipinski definition) is 3. The maximum atomic E-state index is 12.3. The monoisotopic (exact) mass is 374 g/mol. The number of nitrogens with zero attached hydrogens (tertiary/aromatic N) is 1. The Kier molecular flexibility index (Phi) is 6.79. The minimum atomic E-state index is -0.166. The number of hydrogen-bond donors (Lipinski definition) is 1. The number of pyridine rings is 1. The van der Waals surface area contributed by atoms with Gasteiger partial charge in [0.2, 0.25) is 0 Å². The molecule has 0 radical (unpaired) electrons. The predicted octanol–water partition coefficient (Wildman–Crippen LogP) is 5.20. The highest BCUT2D eigenvalue weighted by atomic mass is 16.5. The van der Waals surface area contributed by atoms with Crippen molar-refractivity contribution in [3.8, 4) is 5.75 Å². The number of amides is 1. The first kappa shape index (κ1) is 19.6. The van der Waals surface area contributed by atoms with E-state index in [9.17, 15) is 4.79 Å². The van der Waals surface area contributed by atoms with Gasteiger partial charge in [-0.25, -0.2) is 0 Å². The Morgan fingerprint density at radius 3 is 2.39 bits per heavy atom. The molecule has 0 saturated heterocycles. The van der Waals surface area contributed by atoms with E-state index < -0.39 is 0 Å². The Labute approximate surface area is 166 Å². The molecule has 3 rings (SSSR count). The fraction of sp³-hybridized carbons (Fsp3) is 0.250. The van der Waals surface area contributed by atoms with Crippen molar-refractivity contribution in [3.05, 3.63) is 89.7 Å². The molecule has 1 N–H and O–H groups in total. The van der Waals surface area contributed by atoms with Gasteiger partial charge in [-0.2, -0.15) is 0 Å². The average Bonchev–Trinajstić information content (AvgIpc) is 2.74. The number of ether oxygens (including phenoxy) is 1. The standard InChI is InChI=1S/C24H26N2O2/c1-3-18(2)22-6-4-5-7-23(22)28-17-24(27)26-21-10-8-19(9-11-21)16-20-12-14-25-15-13-20/h4-15,18H,3,16-17H2,1-2H3,(H,26,27). The highest BCUT2D eigenvalue weighted by Gasteiger charge is 2.11. The van der Waals surface area contributed by atoms with E-state index in [1.54, 1.807) is 12.4 Å². The third-order valence-electron chi connectivity index (χ3n) is 4.82. The maximum Gasteiger partial charge on any atom is 0.262 e. The summed E-state index contributed by atoms with van der Waals surface area (Å²) in [6.07, 6.45) is 5.46. The molecule has 0 bridgehead atoms. The summed E-state index contributed by atoms with van der Waals surface area (Å²) in [7, 11) is 0. The quantitative estimate of drug-likeness (QED) is 0.589. The number of carbonyl (C=O) groups excluding carboxylic acids is 1. The van der Waals surface area contributed by atoms with Crippen LogP contribution in [0.15, 0.2) is 73.1 Å². The molecule has 0 aliphatic rings. The van der Waals surface area contributed by atoms with Crippen LogP contribution in [0, 0.1) is 0 Å². The number of para-hydroxylation sites is 1. The minimum Gasteiger partial charge on any atom is -0.483 e. The molecule has 0 saturated carbocycles. The van der Waals surface area contributed by atoms with Crippen LogP contribution in [0.2, 0.25) is 0 Å². The minimum absolute atomic E-state index is 0.00772. The zero-order valence-electron chi connectivity index (χ0n) is 16.4. The van der Waals surface area contributed by atoms with Crippen LogP contribution in [0.1, 0.15) is 42.9 Å². The Morgan fingerprint density at radius 2 is 1.68 bits per heavy atom. The van der Waals surface area contributed by atoms with Gasteiger partial charge in [0.15, 0.2) is 6.61 Å². The van der Waals surface area contributed by atoms with Crippen molar-refractivity contribution in [1.29, 1.82) is 0 Å². The van der Waals surface area contributed by atoms with E-state index in [-0.39, 0.29) is 12.5 Å². The highest BCUT2D eigenvalue weighted by molar-refractivity contribution is 5.91. The van der Waals surface area contributed by atoms with Crippen LogP contribution in [-0.4, -0.2) is 17.5 Å². The third-order valence-corrected chi connectivity index (χ3v) is 4.82. The lowest BCUT2D eigenvalue weighted by Gasteiger charge is -2.15. The summed E-state index contributed by atoms with van der Waals surface area (Å²) in [6.45, 7) is 4.30. The predicted molar refractivity (Wildman–Crippen MR) is 113 cm³/mol. The molecule has 0 aliphatic carbocycles. The molecule has 0 fully saturated rings. The summed E-state index contributed by atoms with van der Waals surface area (Å²) in [5.41, 5.74) is 4.30. The molecule has 0 aliphatic heterocycles. The van der Waals surface area contributed by atoms with Gasteiger partial charge in [0.05, 0.1) is 0 Å². The van der Waals surface area contributed by atoms with Gasteiger partial charge in [0, 0.05) is 18.1 Å². The van der Waals surface area contributed by atoms with Gasteiger partial charge >= 0.3 is 0 Å². The van der Waals surface area contributed by atoms with E-state index in [4.69, 9.17) is 4.74 Å². The zero-order chi connectivity index (χ0) is 19.8. The first-order valence-electron chi connectivity index (χ1n) is 9.65. The van der Waals surface area contributed by atoms with Gasteiger partial charge in [-0.05, 0) is 65.8 Å². The topological polar surface area (TPSA) is 51.2 Å². The van der Waals surface area contributed by atoms with E-state index in [0.29, 0.717) is 5.92 Å². The molecule has 1 unspecified atom stereocenters. The second-order valence-electron chi connectivity index (χ2n) is 6.91. The van der Waals surface area contributed by atoms with E-state index in [0.717, 1.165) is 29.8 Å². The van der Waals surface area contributed by atoms with E-state index >= 15 is 0 Å². The molecule has 1 amide bonds. The maximum absolute atomic E-state index is 12.3. The van der Waals surface area contributed by atoms with E-state index in [1.807, 2.05) is 54.6 Å². The van der Waals surface area contributed by atoms with Crippen LogP contribution in [0.25, 0.3) is 0 Å². The van der Waals surface area contributed by atoms with Crippen LogP contribution >= 0.6 is 0 Å². The molecule has 4 nitrogen and oxygen atoms in total. The largest absolute Gasteiger partial charge is 0.483 e. The Balaban J connectivity index is 1.54. The summed E-state index contributed by atoms with van der Waals surface area (Å²) >= 11 is 0. The van der Waals surface area contributed by atoms with Crippen molar-refractivity contribution in [2.24, 2.45) is 0 Å². The fourth-order valence-electron chi connectivity index (χ4n) is 3.02. The Morgan fingerprint density at radius 1 is 1.00 bits per heavy atom. The molecule has 3 aromatic rings. The van der Waals surface area contributed by atoms with Gasteiger partial charge in [-0.15, -0.1) is 0 Å². The number of benzene rings is 2. The molecule has 1 atom stereocenters. The van der Waals surface area contributed by atoms with Crippen LogP contribution in [0.3, 0.4) is 0 Å². The SMILES string of the molecule is CCC(C)c1ccccc1OCC(=O)Nc1ccc(Cc2ccncc2)cc1. The normalized spacial score (nSPS) is 11.6. The molecule has 4 heteroatoms. The fourth-order valence-corrected chi connectivity index (χ4v) is 3.02. The van der Waals surface area contributed by atoms with Crippen molar-refractivity contribution in [2.45, 2.75) is 32.6 Å². The second kappa shape index (κ2) is 9.70. The molecule has 0 spiro atoms. The number of nitrogens with one attached hydrogen (secondary N) is 1. The Hall–Kier alpha value is -3.14. The van der Waals surface area contributed by atoms with Crippen LogP contribution in [0.4, 0.5) is 5.69 Å². The van der Waals surface area contributed by atoms with Crippen molar-refractivity contribution in [1.82, 2.24) is 4.98 Å². The lowest BCUT2D eigenvalue weighted by molar-refractivity contribution is -0.118. The number of rotatable bonds is 8. The number of aromatic nitrogens is 1. The molecule has 2 aromatic carbocycles. The second-order valence-corrected chi connectivity index (χ2v) is 6.91. The summed E-state index contributed by atoms with van der Waals surface area (Å²) in [4.78, 5) is 16.3. The lowest BCUT2D eigenvalue weighted by atomic mass is 9.98. The third kappa shape index (κ3) is 5.43. The van der Waals surface area contributed by atoms with Crippen LogP contribution in [-0.2, 0) is 11.2 Å². The molecular weight excluding hydrogens is 348 g/mol. The van der Waals surface area contributed by atoms with Crippen molar-refractivity contribution >= 4 is 11.6 Å². The van der Waals surface area contributed by atoms with Gasteiger partial charge in [-0.3, -0.25) is 9.78 Å². The average molecular weight is 374 g/mol. The molecule has 1 aromatic heterocycles.